The number of nitriles is 1. The zero-order chi connectivity index (χ0) is 15.3. The summed E-state index contributed by atoms with van der Waals surface area (Å²) in [6.45, 7) is 1.34. The van der Waals surface area contributed by atoms with Crippen molar-refractivity contribution in [2.75, 3.05) is 26.7 Å². The first-order valence-corrected chi connectivity index (χ1v) is 8.37. The summed E-state index contributed by atoms with van der Waals surface area (Å²) in [5, 5.41) is 11.9. The van der Waals surface area contributed by atoms with Gasteiger partial charge in [0.05, 0.1) is 6.07 Å². The number of nitrogens with one attached hydrogen (secondary N) is 2. The molecule has 0 saturated carbocycles. The van der Waals surface area contributed by atoms with Crippen LogP contribution in [0, 0.1) is 11.3 Å². The number of benzene rings is 1. The molecular formula is C14H20N4O2S. The van der Waals surface area contributed by atoms with E-state index in [-0.39, 0.29) is 19.0 Å². The van der Waals surface area contributed by atoms with E-state index in [9.17, 15) is 8.42 Å². The van der Waals surface area contributed by atoms with Gasteiger partial charge in [-0.25, -0.2) is 4.72 Å². The summed E-state index contributed by atoms with van der Waals surface area (Å²) in [6, 6.07) is 10.00. The van der Waals surface area contributed by atoms with Gasteiger partial charge in [-0.05, 0) is 24.1 Å². The smallest absolute Gasteiger partial charge is 0.279 e. The number of fused-ring (bicyclic) bond motifs is 1. The molecule has 1 aliphatic heterocycles. The summed E-state index contributed by atoms with van der Waals surface area (Å²) in [5.74, 6) is 0. The summed E-state index contributed by atoms with van der Waals surface area (Å²) >= 11 is 0. The fraction of sp³-hybridized carbons (Fsp3) is 0.500. The molecule has 1 aromatic carbocycles. The van der Waals surface area contributed by atoms with Crippen molar-refractivity contribution < 1.29 is 8.42 Å². The van der Waals surface area contributed by atoms with Gasteiger partial charge in [-0.3, -0.25) is 0 Å². The molecule has 0 fully saturated rings. The lowest BCUT2D eigenvalue weighted by molar-refractivity contribution is 0.446. The van der Waals surface area contributed by atoms with Gasteiger partial charge in [0.25, 0.3) is 10.2 Å². The molecule has 0 radical (unpaired) electrons. The fourth-order valence-electron chi connectivity index (χ4n) is 2.40. The molecule has 1 unspecified atom stereocenters. The predicted octanol–water partition coefficient (Wildman–Crippen LogP) is 0.553. The van der Waals surface area contributed by atoms with E-state index in [1.807, 2.05) is 24.3 Å². The molecular weight excluding hydrogens is 288 g/mol. The highest BCUT2D eigenvalue weighted by atomic mass is 32.2. The molecule has 6 nitrogen and oxygen atoms in total. The Morgan fingerprint density at radius 3 is 3.00 bits per heavy atom. The molecule has 0 amide bonds. The molecule has 0 aromatic heterocycles. The van der Waals surface area contributed by atoms with E-state index >= 15 is 0 Å². The van der Waals surface area contributed by atoms with Crippen molar-refractivity contribution in [3.63, 3.8) is 0 Å². The molecule has 0 spiro atoms. The van der Waals surface area contributed by atoms with E-state index < -0.39 is 10.2 Å². The summed E-state index contributed by atoms with van der Waals surface area (Å²) in [4.78, 5) is 0. The maximum atomic E-state index is 12.1. The minimum absolute atomic E-state index is 0.0194. The average molecular weight is 308 g/mol. The zero-order valence-corrected chi connectivity index (χ0v) is 12.9. The quantitative estimate of drug-likeness (QED) is 0.804. The van der Waals surface area contributed by atoms with E-state index in [1.165, 1.54) is 16.9 Å². The van der Waals surface area contributed by atoms with Crippen molar-refractivity contribution >= 4 is 10.2 Å². The highest BCUT2D eigenvalue weighted by molar-refractivity contribution is 7.87. The second kappa shape index (κ2) is 7.00. The third-order valence-electron chi connectivity index (χ3n) is 3.63. The van der Waals surface area contributed by atoms with Crippen molar-refractivity contribution in [2.24, 2.45) is 0 Å². The summed E-state index contributed by atoms with van der Waals surface area (Å²) in [6.07, 6.45) is 1.14. The monoisotopic (exact) mass is 308 g/mol. The maximum absolute atomic E-state index is 12.1. The molecule has 1 heterocycles. The second-order valence-electron chi connectivity index (χ2n) is 5.04. The molecule has 1 aliphatic rings. The zero-order valence-electron chi connectivity index (χ0n) is 12.0. The van der Waals surface area contributed by atoms with Crippen LogP contribution in [0.15, 0.2) is 24.3 Å². The van der Waals surface area contributed by atoms with E-state index in [2.05, 4.69) is 16.1 Å². The van der Waals surface area contributed by atoms with Crippen molar-refractivity contribution in [3.8, 4) is 6.07 Å². The van der Waals surface area contributed by atoms with Crippen LogP contribution in [0.2, 0.25) is 0 Å². The Morgan fingerprint density at radius 2 is 2.24 bits per heavy atom. The molecule has 114 valence electrons. The van der Waals surface area contributed by atoms with Gasteiger partial charge >= 0.3 is 0 Å². The summed E-state index contributed by atoms with van der Waals surface area (Å²) in [5.41, 5.74) is 2.41. The Hall–Kier alpha value is -1.46. The van der Waals surface area contributed by atoms with Crippen molar-refractivity contribution in [3.05, 3.63) is 35.4 Å². The van der Waals surface area contributed by atoms with Crippen LogP contribution in [-0.4, -0.2) is 39.4 Å². The molecule has 7 heteroatoms. The van der Waals surface area contributed by atoms with Gasteiger partial charge in [-0.2, -0.15) is 18.0 Å². The standard InChI is InChI=1S/C14H20N4O2S/c1-18(10-4-8-15)21(19,20)17-11-14-13-6-3-2-5-12(13)7-9-16-14/h2-3,5-6,14,16-17H,4,7,9-11H2,1H3. The Morgan fingerprint density at radius 1 is 1.48 bits per heavy atom. The third kappa shape index (κ3) is 4.02. The fourth-order valence-corrected chi connectivity index (χ4v) is 3.33. The van der Waals surface area contributed by atoms with Crippen molar-refractivity contribution in [1.29, 1.82) is 5.26 Å². The van der Waals surface area contributed by atoms with Crippen LogP contribution in [0.3, 0.4) is 0 Å². The minimum atomic E-state index is -3.54. The largest absolute Gasteiger partial charge is 0.308 e. The van der Waals surface area contributed by atoms with Gasteiger partial charge in [-0.15, -0.1) is 0 Å². The first kappa shape index (κ1) is 15.9. The van der Waals surface area contributed by atoms with Crippen molar-refractivity contribution in [1.82, 2.24) is 14.3 Å². The minimum Gasteiger partial charge on any atom is -0.308 e. The van der Waals surface area contributed by atoms with Gasteiger partial charge in [0.2, 0.25) is 0 Å². The molecule has 21 heavy (non-hydrogen) atoms. The summed E-state index contributed by atoms with van der Waals surface area (Å²) < 4.78 is 27.9. The first-order valence-electron chi connectivity index (χ1n) is 6.93. The van der Waals surface area contributed by atoms with Crippen molar-refractivity contribution in [2.45, 2.75) is 18.9 Å². The van der Waals surface area contributed by atoms with Crippen LogP contribution < -0.4 is 10.0 Å². The van der Waals surface area contributed by atoms with Gasteiger partial charge in [0.15, 0.2) is 0 Å². The lowest BCUT2D eigenvalue weighted by Crippen LogP contribution is -2.44. The summed E-state index contributed by atoms with van der Waals surface area (Å²) in [7, 11) is -2.07. The van der Waals surface area contributed by atoms with Gasteiger partial charge < -0.3 is 5.32 Å². The van der Waals surface area contributed by atoms with E-state index in [4.69, 9.17) is 5.26 Å². The number of nitrogens with zero attached hydrogens (tertiary/aromatic N) is 2. The predicted molar refractivity (Wildman–Crippen MR) is 80.7 cm³/mol. The Bertz CT molecular complexity index is 624. The van der Waals surface area contributed by atoms with Crippen LogP contribution in [0.1, 0.15) is 23.6 Å². The third-order valence-corrected chi connectivity index (χ3v) is 5.17. The Labute approximate surface area is 125 Å². The van der Waals surface area contributed by atoms with Crippen LogP contribution in [-0.2, 0) is 16.6 Å². The lowest BCUT2D eigenvalue weighted by Gasteiger charge is -2.27. The number of rotatable bonds is 6. The molecule has 1 aromatic rings. The molecule has 0 aliphatic carbocycles. The Kier molecular flexibility index (Phi) is 5.31. The lowest BCUT2D eigenvalue weighted by atomic mass is 9.95. The van der Waals surface area contributed by atoms with Crippen LogP contribution in [0.5, 0.6) is 0 Å². The molecule has 2 N–H and O–H groups in total. The van der Waals surface area contributed by atoms with Gasteiger partial charge in [0, 0.05) is 32.6 Å². The second-order valence-corrected chi connectivity index (χ2v) is 6.90. The Balaban J connectivity index is 1.99. The van der Waals surface area contributed by atoms with Gasteiger partial charge in [-0.1, -0.05) is 24.3 Å². The SMILES string of the molecule is CN(CCC#N)S(=O)(=O)NCC1NCCc2ccccc21. The molecule has 0 bridgehead atoms. The van der Waals surface area contributed by atoms with Crippen LogP contribution in [0.25, 0.3) is 0 Å². The average Bonchev–Trinajstić information content (AvgIpc) is 2.50. The van der Waals surface area contributed by atoms with Crippen LogP contribution in [0.4, 0.5) is 0 Å². The molecule has 0 saturated heterocycles. The maximum Gasteiger partial charge on any atom is 0.279 e. The molecule has 1 atom stereocenters. The highest BCUT2D eigenvalue weighted by Gasteiger charge is 2.23. The van der Waals surface area contributed by atoms with Crippen LogP contribution >= 0.6 is 0 Å². The van der Waals surface area contributed by atoms with E-state index in [1.54, 1.807) is 0 Å². The van der Waals surface area contributed by atoms with E-state index in [0.717, 1.165) is 18.5 Å². The molecule has 2 rings (SSSR count). The topological polar surface area (TPSA) is 85.2 Å². The highest BCUT2D eigenvalue weighted by Crippen LogP contribution is 2.22. The first-order chi connectivity index (χ1) is 10.0. The number of hydrogen-bond acceptors (Lipinski definition) is 4. The number of hydrogen-bond donors (Lipinski definition) is 2. The normalized spacial score (nSPS) is 18.2. The van der Waals surface area contributed by atoms with E-state index in [0.29, 0.717) is 6.54 Å². The van der Waals surface area contributed by atoms with Gasteiger partial charge in [0.1, 0.15) is 0 Å².